The number of para-hydroxylation sites is 1. The number of nitrogens with zero attached hydrogens (tertiary/aromatic N) is 3. The van der Waals surface area contributed by atoms with Gasteiger partial charge in [-0.3, -0.25) is 0 Å². The number of imidazole rings is 1. The van der Waals surface area contributed by atoms with E-state index in [1.54, 1.807) is 11.8 Å². The van der Waals surface area contributed by atoms with Crippen LogP contribution in [0.5, 0.6) is 0 Å². The second-order valence-corrected chi connectivity index (χ2v) is 5.17. The van der Waals surface area contributed by atoms with E-state index in [0.29, 0.717) is 0 Å². The van der Waals surface area contributed by atoms with Crippen LogP contribution >= 0.6 is 11.8 Å². The molecule has 3 aromatic rings. The van der Waals surface area contributed by atoms with E-state index in [-0.39, 0.29) is 0 Å². The zero-order chi connectivity index (χ0) is 11.8. The molecule has 0 fully saturated rings. The third kappa shape index (κ3) is 1.60. The highest BCUT2D eigenvalue weighted by Gasteiger charge is 2.11. The molecule has 3 rings (SSSR count). The third-order valence-corrected chi connectivity index (χ3v) is 3.65. The van der Waals surface area contributed by atoms with E-state index in [1.165, 1.54) is 10.9 Å². The van der Waals surface area contributed by atoms with Crippen LogP contribution < -0.4 is 0 Å². The minimum Gasteiger partial charge on any atom is -0.333 e. The topological polar surface area (TPSA) is 30.7 Å². The zero-order valence-electron chi connectivity index (χ0n) is 9.84. The van der Waals surface area contributed by atoms with Gasteiger partial charge in [0, 0.05) is 12.4 Å². The Morgan fingerprint density at radius 3 is 2.94 bits per heavy atom. The summed E-state index contributed by atoms with van der Waals surface area (Å²) in [7, 11) is 2.03. The number of pyridine rings is 1. The minimum absolute atomic E-state index is 1.01. The number of aryl methyl sites for hydroxylation is 1. The normalized spacial score (nSPS) is 11.4. The molecular weight excluding hydrogens is 230 g/mol. The quantitative estimate of drug-likeness (QED) is 0.647. The number of rotatable bonds is 2. The smallest absolute Gasteiger partial charge is 0.125 e. The first-order valence-corrected chi connectivity index (χ1v) is 6.62. The van der Waals surface area contributed by atoms with E-state index in [1.807, 2.05) is 25.5 Å². The Morgan fingerprint density at radius 1 is 1.29 bits per heavy atom. The SMILES string of the molecule is CCSc1nc2ccccc2c2c1ncn2C. The first kappa shape index (κ1) is 10.6. The standard InChI is InChI=1S/C13H13N3S/c1-3-17-13-11-12(16(2)8-14-11)9-6-4-5-7-10(9)15-13/h4-8H,3H2,1-2H3. The van der Waals surface area contributed by atoms with E-state index in [9.17, 15) is 0 Å². The fourth-order valence-electron chi connectivity index (χ4n) is 2.08. The second kappa shape index (κ2) is 4.04. The number of benzene rings is 1. The van der Waals surface area contributed by atoms with E-state index in [4.69, 9.17) is 4.98 Å². The van der Waals surface area contributed by atoms with Crippen molar-refractivity contribution in [2.24, 2.45) is 7.05 Å². The van der Waals surface area contributed by atoms with Crippen molar-refractivity contribution in [2.45, 2.75) is 11.9 Å². The van der Waals surface area contributed by atoms with E-state index < -0.39 is 0 Å². The highest BCUT2D eigenvalue weighted by Crippen LogP contribution is 2.30. The molecule has 0 aliphatic rings. The Bertz CT molecular complexity index is 688. The summed E-state index contributed by atoms with van der Waals surface area (Å²) >= 11 is 1.75. The molecule has 1 aromatic carbocycles. The molecule has 0 atom stereocenters. The minimum atomic E-state index is 1.01. The molecule has 0 bridgehead atoms. The summed E-state index contributed by atoms with van der Waals surface area (Å²) in [5.74, 6) is 1.01. The van der Waals surface area contributed by atoms with Crippen LogP contribution in [0.4, 0.5) is 0 Å². The van der Waals surface area contributed by atoms with Gasteiger partial charge in [-0.15, -0.1) is 11.8 Å². The van der Waals surface area contributed by atoms with Crippen LogP contribution in [0.3, 0.4) is 0 Å². The summed E-state index contributed by atoms with van der Waals surface area (Å²) < 4.78 is 2.07. The Labute approximate surface area is 104 Å². The summed E-state index contributed by atoms with van der Waals surface area (Å²) in [5, 5.41) is 2.20. The second-order valence-electron chi connectivity index (χ2n) is 3.92. The number of thioether (sulfide) groups is 1. The molecular formula is C13H13N3S. The Morgan fingerprint density at radius 2 is 2.12 bits per heavy atom. The van der Waals surface area contributed by atoms with Gasteiger partial charge in [0.2, 0.25) is 0 Å². The van der Waals surface area contributed by atoms with Gasteiger partial charge >= 0.3 is 0 Å². The maximum Gasteiger partial charge on any atom is 0.125 e. The summed E-state index contributed by atoms with van der Waals surface area (Å²) in [5.41, 5.74) is 3.23. The Kier molecular flexibility index (Phi) is 2.52. The van der Waals surface area contributed by atoms with Gasteiger partial charge in [-0.1, -0.05) is 25.1 Å². The molecule has 3 nitrogen and oxygen atoms in total. The van der Waals surface area contributed by atoms with Gasteiger partial charge in [0.15, 0.2) is 0 Å². The van der Waals surface area contributed by atoms with Crippen LogP contribution in [0.2, 0.25) is 0 Å². The van der Waals surface area contributed by atoms with Crippen molar-refractivity contribution in [3.05, 3.63) is 30.6 Å². The predicted octanol–water partition coefficient (Wildman–Crippen LogP) is 3.23. The lowest BCUT2D eigenvalue weighted by atomic mass is 10.2. The van der Waals surface area contributed by atoms with Crippen molar-refractivity contribution in [3.8, 4) is 0 Å². The fraction of sp³-hybridized carbons (Fsp3) is 0.231. The zero-order valence-corrected chi connectivity index (χ0v) is 10.7. The van der Waals surface area contributed by atoms with Crippen molar-refractivity contribution in [1.82, 2.24) is 14.5 Å². The summed E-state index contributed by atoms with van der Waals surface area (Å²) in [6, 6.07) is 8.23. The molecule has 0 saturated carbocycles. The van der Waals surface area contributed by atoms with Crippen LogP contribution in [0.15, 0.2) is 35.6 Å². The molecule has 4 heteroatoms. The molecule has 0 aliphatic heterocycles. The van der Waals surface area contributed by atoms with Crippen molar-refractivity contribution >= 4 is 33.7 Å². The number of fused-ring (bicyclic) bond motifs is 3. The maximum atomic E-state index is 4.69. The van der Waals surface area contributed by atoms with E-state index in [0.717, 1.165) is 21.8 Å². The molecule has 0 amide bonds. The van der Waals surface area contributed by atoms with Gasteiger partial charge in [0.05, 0.1) is 17.4 Å². The van der Waals surface area contributed by atoms with Gasteiger partial charge in [0.1, 0.15) is 10.5 Å². The lowest BCUT2D eigenvalue weighted by Gasteiger charge is -2.05. The fourth-order valence-corrected chi connectivity index (χ4v) is 2.80. The molecule has 0 aliphatic carbocycles. The summed E-state index contributed by atoms with van der Waals surface area (Å²) in [6.07, 6.45) is 1.86. The van der Waals surface area contributed by atoms with Gasteiger partial charge in [0.25, 0.3) is 0 Å². The van der Waals surface area contributed by atoms with Crippen LogP contribution in [0.25, 0.3) is 21.9 Å². The van der Waals surface area contributed by atoms with Crippen molar-refractivity contribution in [3.63, 3.8) is 0 Å². The lowest BCUT2D eigenvalue weighted by molar-refractivity contribution is 0.951. The van der Waals surface area contributed by atoms with Crippen LogP contribution in [0.1, 0.15) is 6.92 Å². The highest BCUT2D eigenvalue weighted by molar-refractivity contribution is 7.99. The first-order chi connectivity index (χ1) is 8.31. The molecule has 2 aromatic heterocycles. The molecule has 0 saturated heterocycles. The largest absolute Gasteiger partial charge is 0.333 e. The lowest BCUT2D eigenvalue weighted by Crippen LogP contribution is -1.90. The first-order valence-electron chi connectivity index (χ1n) is 5.64. The molecule has 17 heavy (non-hydrogen) atoms. The maximum absolute atomic E-state index is 4.69. The number of hydrogen-bond acceptors (Lipinski definition) is 3. The van der Waals surface area contributed by atoms with Crippen molar-refractivity contribution < 1.29 is 0 Å². The molecule has 0 radical (unpaired) electrons. The number of hydrogen-bond donors (Lipinski definition) is 0. The molecule has 0 unspecified atom stereocenters. The third-order valence-electron chi connectivity index (χ3n) is 2.80. The van der Waals surface area contributed by atoms with Crippen LogP contribution in [-0.2, 0) is 7.05 Å². The van der Waals surface area contributed by atoms with Crippen LogP contribution in [-0.4, -0.2) is 20.3 Å². The summed E-state index contributed by atoms with van der Waals surface area (Å²) in [4.78, 5) is 9.16. The van der Waals surface area contributed by atoms with Crippen molar-refractivity contribution in [2.75, 3.05) is 5.75 Å². The Balaban J connectivity index is 2.48. The highest BCUT2D eigenvalue weighted by atomic mass is 32.2. The van der Waals surface area contributed by atoms with E-state index in [2.05, 4.69) is 28.6 Å². The average Bonchev–Trinajstić information content (AvgIpc) is 2.73. The molecule has 86 valence electrons. The van der Waals surface area contributed by atoms with Crippen molar-refractivity contribution in [1.29, 1.82) is 0 Å². The van der Waals surface area contributed by atoms with Gasteiger partial charge < -0.3 is 4.57 Å². The van der Waals surface area contributed by atoms with Gasteiger partial charge in [-0.05, 0) is 11.8 Å². The molecule has 2 heterocycles. The molecule has 0 spiro atoms. The van der Waals surface area contributed by atoms with Gasteiger partial charge in [-0.25, -0.2) is 9.97 Å². The van der Waals surface area contributed by atoms with E-state index >= 15 is 0 Å². The summed E-state index contributed by atoms with van der Waals surface area (Å²) in [6.45, 7) is 2.14. The Hall–Kier alpha value is -1.55. The monoisotopic (exact) mass is 243 g/mol. The van der Waals surface area contributed by atoms with Crippen LogP contribution in [0, 0.1) is 0 Å². The molecule has 0 N–H and O–H groups in total. The number of aromatic nitrogens is 3. The average molecular weight is 243 g/mol. The van der Waals surface area contributed by atoms with Gasteiger partial charge in [-0.2, -0.15) is 0 Å². The predicted molar refractivity (Wildman–Crippen MR) is 72.4 cm³/mol.